The van der Waals surface area contributed by atoms with E-state index in [1.54, 1.807) is 6.08 Å². The van der Waals surface area contributed by atoms with E-state index < -0.39 is 12.1 Å². The van der Waals surface area contributed by atoms with Crippen molar-refractivity contribution in [3.05, 3.63) is 72.9 Å². The molecular formula is C34H57NO3. The summed E-state index contributed by atoms with van der Waals surface area (Å²) in [6.45, 7) is 4.05. The van der Waals surface area contributed by atoms with E-state index in [2.05, 4.69) is 79.9 Å². The molecule has 0 heterocycles. The van der Waals surface area contributed by atoms with Gasteiger partial charge < -0.3 is 15.5 Å². The molecule has 0 spiro atoms. The van der Waals surface area contributed by atoms with Crippen LogP contribution in [-0.2, 0) is 4.79 Å². The van der Waals surface area contributed by atoms with Crippen molar-refractivity contribution < 1.29 is 15.0 Å². The Kier molecular flexibility index (Phi) is 27.7. The van der Waals surface area contributed by atoms with Gasteiger partial charge in [-0.15, -0.1) is 0 Å². The summed E-state index contributed by atoms with van der Waals surface area (Å²) in [6.07, 6.45) is 41.4. The van der Waals surface area contributed by atoms with E-state index in [4.69, 9.17) is 0 Å². The number of aliphatic hydroxyl groups excluding tert-OH is 2. The van der Waals surface area contributed by atoms with Gasteiger partial charge in [-0.1, -0.05) is 119 Å². The van der Waals surface area contributed by atoms with Gasteiger partial charge in [0.05, 0.1) is 18.8 Å². The third kappa shape index (κ3) is 25.5. The maximum atomic E-state index is 12.2. The standard InChI is InChI=1S/C34H57NO3/c1-3-5-7-9-10-11-12-13-14-15-16-17-18-19-20-21-22-23-24-26-28-30-34(38)35-32(31-36)33(37)29-27-25-8-6-4-2/h5,7,10-11,13-14,16-17,19-20,27,29,32-33,36-37H,3-4,6,8-9,12,15,18,21-26,28,30-31H2,1-2H3,(H,35,38)/b7-5-,11-10-,14-13-,17-16-,20-19-,29-27+. The van der Waals surface area contributed by atoms with E-state index in [0.717, 1.165) is 77.0 Å². The van der Waals surface area contributed by atoms with E-state index in [9.17, 15) is 15.0 Å². The van der Waals surface area contributed by atoms with E-state index in [0.29, 0.717) is 6.42 Å². The number of carbonyl (C=O) groups is 1. The Bertz CT molecular complexity index is 703. The first kappa shape index (κ1) is 35.8. The Morgan fingerprint density at radius 2 is 1.16 bits per heavy atom. The first-order valence-electron chi connectivity index (χ1n) is 15.2. The van der Waals surface area contributed by atoms with Gasteiger partial charge in [0.1, 0.15) is 0 Å². The van der Waals surface area contributed by atoms with Crippen LogP contribution in [0.2, 0.25) is 0 Å². The van der Waals surface area contributed by atoms with Crippen LogP contribution in [0.4, 0.5) is 0 Å². The van der Waals surface area contributed by atoms with Gasteiger partial charge in [0.25, 0.3) is 0 Å². The molecule has 0 aromatic heterocycles. The number of allylic oxidation sites excluding steroid dienone is 11. The average Bonchev–Trinajstić information content (AvgIpc) is 2.92. The smallest absolute Gasteiger partial charge is 0.220 e. The third-order valence-electron chi connectivity index (χ3n) is 6.20. The summed E-state index contributed by atoms with van der Waals surface area (Å²) in [4.78, 5) is 12.2. The molecule has 0 radical (unpaired) electrons. The van der Waals surface area contributed by atoms with Gasteiger partial charge in [-0.25, -0.2) is 0 Å². The van der Waals surface area contributed by atoms with E-state index >= 15 is 0 Å². The van der Waals surface area contributed by atoms with Crippen molar-refractivity contribution in [2.24, 2.45) is 0 Å². The van der Waals surface area contributed by atoms with Crippen molar-refractivity contribution >= 4 is 5.91 Å². The summed E-state index contributed by atoms with van der Waals surface area (Å²) in [5, 5.41) is 22.5. The van der Waals surface area contributed by atoms with Crippen LogP contribution in [0.15, 0.2) is 72.9 Å². The largest absolute Gasteiger partial charge is 0.394 e. The molecule has 0 saturated heterocycles. The van der Waals surface area contributed by atoms with Crippen LogP contribution in [0.1, 0.15) is 117 Å². The van der Waals surface area contributed by atoms with Gasteiger partial charge in [0.15, 0.2) is 0 Å². The first-order chi connectivity index (χ1) is 18.7. The minimum absolute atomic E-state index is 0.0961. The fourth-order valence-corrected chi connectivity index (χ4v) is 3.85. The van der Waals surface area contributed by atoms with E-state index in [1.807, 2.05) is 6.08 Å². The van der Waals surface area contributed by atoms with Gasteiger partial charge >= 0.3 is 0 Å². The Balaban J connectivity index is 3.69. The molecule has 0 fully saturated rings. The number of carbonyl (C=O) groups excluding carboxylic acids is 1. The Morgan fingerprint density at radius 3 is 1.74 bits per heavy atom. The van der Waals surface area contributed by atoms with Crippen LogP contribution in [0.25, 0.3) is 0 Å². The highest BCUT2D eigenvalue weighted by Crippen LogP contribution is 2.09. The molecule has 4 nitrogen and oxygen atoms in total. The zero-order valence-corrected chi connectivity index (χ0v) is 24.4. The number of nitrogens with one attached hydrogen (secondary N) is 1. The zero-order chi connectivity index (χ0) is 27.9. The summed E-state index contributed by atoms with van der Waals surface area (Å²) in [7, 11) is 0. The highest BCUT2D eigenvalue weighted by Gasteiger charge is 2.17. The van der Waals surface area contributed by atoms with Crippen LogP contribution in [0, 0.1) is 0 Å². The highest BCUT2D eigenvalue weighted by atomic mass is 16.3. The van der Waals surface area contributed by atoms with Crippen LogP contribution in [0.5, 0.6) is 0 Å². The van der Waals surface area contributed by atoms with Crippen molar-refractivity contribution in [2.75, 3.05) is 6.61 Å². The van der Waals surface area contributed by atoms with E-state index in [-0.39, 0.29) is 12.5 Å². The summed E-state index contributed by atoms with van der Waals surface area (Å²) in [5.41, 5.74) is 0. The maximum absolute atomic E-state index is 12.2. The molecule has 0 aromatic rings. The number of unbranched alkanes of at least 4 members (excludes halogenated alkanes) is 8. The first-order valence-corrected chi connectivity index (χ1v) is 15.2. The Labute approximate surface area is 234 Å². The quantitative estimate of drug-likeness (QED) is 0.0824. The number of rotatable bonds is 25. The third-order valence-corrected chi connectivity index (χ3v) is 6.20. The summed E-state index contributed by atoms with van der Waals surface area (Å²) in [6, 6.07) is -0.631. The number of hydrogen-bond donors (Lipinski definition) is 3. The zero-order valence-electron chi connectivity index (χ0n) is 24.4. The van der Waals surface area contributed by atoms with Gasteiger partial charge in [-0.2, -0.15) is 0 Å². The van der Waals surface area contributed by atoms with Crippen molar-refractivity contribution in [1.29, 1.82) is 0 Å². The van der Waals surface area contributed by atoms with Crippen molar-refractivity contribution in [2.45, 2.75) is 129 Å². The normalized spacial score (nSPS) is 14.3. The van der Waals surface area contributed by atoms with Crippen LogP contribution < -0.4 is 5.32 Å². The van der Waals surface area contributed by atoms with Crippen LogP contribution in [-0.4, -0.2) is 34.9 Å². The fourth-order valence-electron chi connectivity index (χ4n) is 3.85. The molecule has 216 valence electrons. The lowest BCUT2D eigenvalue weighted by Gasteiger charge is -2.19. The van der Waals surface area contributed by atoms with Crippen molar-refractivity contribution in [3.63, 3.8) is 0 Å². The topological polar surface area (TPSA) is 69.6 Å². The second-order valence-corrected chi connectivity index (χ2v) is 9.79. The number of aliphatic hydroxyl groups is 2. The fraction of sp³-hybridized carbons (Fsp3) is 0.618. The SMILES string of the molecule is CC/C=C\C/C=C\C/C=C\C/C=C\C/C=C\CCCCCCCC(=O)NC(CO)C(O)/C=C/CCCCC. The summed E-state index contributed by atoms with van der Waals surface area (Å²) in [5.74, 6) is -0.0961. The van der Waals surface area contributed by atoms with Gasteiger partial charge in [0.2, 0.25) is 5.91 Å². The molecule has 0 aliphatic rings. The molecule has 0 aliphatic carbocycles. The molecule has 0 aliphatic heterocycles. The molecule has 0 rings (SSSR count). The lowest BCUT2D eigenvalue weighted by Crippen LogP contribution is -2.45. The summed E-state index contributed by atoms with van der Waals surface area (Å²) < 4.78 is 0. The molecule has 0 saturated carbocycles. The highest BCUT2D eigenvalue weighted by molar-refractivity contribution is 5.76. The predicted octanol–water partition coefficient (Wildman–Crippen LogP) is 8.44. The monoisotopic (exact) mass is 527 g/mol. The minimum atomic E-state index is -0.846. The van der Waals surface area contributed by atoms with Crippen LogP contribution >= 0.6 is 0 Å². The number of hydrogen-bond acceptors (Lipinski definition) is 3. The molecule has 2 atom stereocenters. The molecule has 4 heteroatoms. The molecule has 38 heavy (non-hydrogen) atoms. The lowest BCUT2D eigenvalue weighted by molar-refractivity contribution is -0.123. The van der Waals surface area contributed by atoms with Crippen LogP contribution in [0.3, 0.4) is 0 Å². The van der Waals surface area contributed by atoms with Gasteiger partial charge in [-0.05, 0) is 64.2 Å². The predicted molar refractivity (Wildman–Crippen MR) is 165 cm³/mol. The second kappa shape index (κ2) is 29.4. The molecule has 0 bridgehead atoms. The molecule has 1 amide bonds. The molecule has 0 aromatic carbocycles. The lowest BCUT2D eigenvalue weighted by atomic mass is 10.1. The van der Waals surface area contributed by atoms with Gasteiger partial charge in [-0.3, -0.25) is 4.79 Å². The molecular weight excluding hydrogens is 470 g/mol. The number of amides is 1. The van der Waals surface area contributed by atoms with Crippen molar-refractivity contribution in [3.8, 4) is 0 Å². The Morgan fingerprint density at radius 1 is 0.658 bits per heavy atom. The summed E-state index contributed by atoms with van der Waals surface area (Å²) >= 11 is 0. The molecule has 3 N–H and O–H groups in total. The average molecular weight is 528 g/mol. The van der Waals surface area contributed by atoms with Gasteiger partial charge in [0, 0.05) is 6.42 Å². The van der Waals surface area contributed by atoms with E-state index in [1.165, 1.54) is 19.3 Å². The molecule has 2 unspecified atom stereocenters. The maximum Gasteiger partial charge on any atom is 0.220 e. The Hall–Kier alpha value is -2.17. The minimum Gasteiger partial charge on any atom is -0.394 e. The second-order valence-electron chi connectivity index (χ2n) is 9.79. The van der Waals surface area contributed by atoms with Crippen molar-refractivity contribution in [1.82, 2.24) is 5.32 Å².